The second kappa shape index (κ2) is 7.58. The first kappa shape index (κ1) is 16.7. The van der Waals surface area contributed by atoms with Crippen molar-refractivity contribution < 1.29 is 9.53 Å². The molecule has 0 aliphatic heterocycles. The van der Waals surface area contributed by atoms with Crippen molar-refractivity contribution in [3.63, 3.8) is 0 Å². The molecule has 0 spiro atoms. The zero-order valence-corrected chi connectivity index (χ0v) is 13.7. The number of aromatic nitrogens is 4. The summed E-state index contributed by atoms with van der Waals surface area (Å²) in [5, 5.41) is 10.1. The Kier molecular flexibility index (Phi) is 5.05. The number of nitrogens with one attached hydrogen (secondary N) is 3. The van der Waals surface area contributed by atoms with Gasteiger partial charge in [-0.2, -0.15) is 10.1 Å². The van der Waals surface area contributed by atoms with Gasteiger partial charge in [0.05, 0.1) is 25.0 Å². The highest BCUT2D eigenvalue weighted by Crippen LogP contribution is 2.14. The first-order valence-electron chi connectivity index (χ1n) is 7.72. The average Bonchev–Trinajstić information content (AvgIpc) is 3.05. The predicted molar refractivity (Wildman–Crippen MR) is 92.9 cm³/mol. The molecule has 0 saturated carbocycles. The van der Waals surface area contributed by atoms with Gasteiger partial charge in [0.15, 0.2) is 5.65 Å². The Morgan fingerprint density at radius 2 is 2.12 bits per heavy atom. The molecule has 0 aliphatic carbocycles. The summed E-state index contributed by atoms with van der Waals surface area (Å²) in [6.45, 7) is 0.835. The number of hydrogen-bond acceptors (Lipinski definition) is 6. The topological polar surface area (TPSA) is 114 Å². The third kappa shape index (κ3) is 3.83. The Labute approximate surface area is 143 Å². The van der Waals surface area contributed by atoms with E-state index >= 15 is 0 Å². The maximum atomic E-state index is 12.2. The normalized spacial score (nSPS) is 10.8. The monoisotopic (exact) mass is 342 g/mol. The molecule has 2 heterocycles. The number of aromatic amines is 1. The number of benzene rings is 1. The Bertz CT molecular complexity index is 919. The van der Waals surface area contributed by atoms with Crippen LogP contribution in [0, 0.1) is 0 Å². The summed E-state index contributed by atoms with van der Waals surface area (Å²) in [4.78, 5) is 30.9. The quantitative estimate of drug-likeness (QED) is 0.532. The first-order valence-corrected chi connectivity index (χ1v) is 7.72. The zero-order valence-electron chi connectivity index (χ0n) is 13.7. The van der Waals surface area contributed by atoms with Crippen molar-refractivity contribution in [1.82, 2.24) is 25.1 Å². The van der Waals surface area contributed by atoms with Gasteiger partial charge >= 0.3 is 0 Å². The molecule has 1 amide bonds. The largest absolute Gasteiger partial charge is 0.383 e. The van der Waals surface area contributed by atoms with E-state index in [4.69, 9.17) is 4.74 Å². The van der Waals surface area contributed by atoms with Gasteiger partial charge in [-0.15, -0.1) is 0 Å². The first-order chi connectivity index (χ1) is 12.2. The molecule has 0 radical (unpaired) electrons. The summed E-state index contributed by atoms with van der Waals surface area (Å²) < 4.78 is 6.44. The van der Waals surface area contributed by atoms with E-state index in [0.29, 0.717) is 24.2 Å². The highest BCUT2D eigenvalue weighted by molar-refractivity contribution is 5.81. The summed E-state index contributed by atoms with van der Waals surface area (Å²) >= 11 is 0. The van der Waals surface area contributed by atoms with E-state index < -0.39 is 0 Å². The van der Waals surface area contributed by atoms with E-state index in [1.54, 1.807) is 11.8 Å². The van der Waals surface area contributed by atoms with Crippen LogP contribution in [-0.2, 0) is 9.53 Å². The van der Waals surface area contributed by atoms with Crippen molar-refractivity contribution in [2.45, 2.75) is 0 Å². The number of carbonyl (C=O) groups is 1. The van der Waals surface area contributed by atoms with Gasteiger partial charge in [0.1, 0.15) is 5.39 Å². The Balaban J connectivity index is 1.81. The second-order valence-electron chi connectivity index (χ2n) is 5.24. The van der Waals surface area contributed by atoms with Crippen molar-refractivity contribution in [2.24, 2.45) is 0 Å². The minimum Gasteiger partial charge on any atom is -0.383 e. The molecule has 0 unspecified atom stereocenters. The van der Waals surface area contributed by atoms with Gasteiger partial charge in [0.25, 0.3) is 5.56 Å². The average molecular weight is 342 g/mol. The van der Waals surface area contributed by atoms with Crippen LogP contribution in [-0.4, -0.2) is 52.5 Å². The molecule has 0 fully saturated rings. The maximum Gasteiger partial charge on any atom is 0.263 e. The standard InChI is InChI=1S/C16H18N6O3/c1-25-8-7-17-13(23)10-18-16-20-14-12(15(24)21-16)9-19-22(14)11-5-3-2-4-6-11/h2-6,9H,7-8,10H2,1H3,(H,17,23)(H2,18,20,21,24). The fraction of sp³-hybridized carbons (Fsp3) is 0.250. The third-order valence-corrected chi connectivity index (χ3v) is 3.48. The number of carbonyl (C=O) groups excluding carboxylic acids is 1. The lowest BCUT2D eigenvalue weighted by Gasteiger charge is -2.07. The molecule has 25 heavy (non-hydrogen) atoms. The lowest BCUT2D eigenvalue weighted by atomic mass is 10.3. The van der Waals surface area contributed by atoms with Crippen LogP contribution in [0.3, 0.4) is 0 Å². The van der Waals surface area contributed by atoms with E-state index in [2.05, 4.69) is 25.7 Å². The van der Waals surface area contributed by atoms with E-state index in [0.717, 1.165) is 5.69 Å². The molecular weight excluding hydrogens is 324 g/mol. The number of amides is 1. The molecule has 3 rings (SSSR count). The molecule has 0 aliphatic rings. The fourth-order valence-corrected chi connectivity index (χ4v) is 2.28. The minimum absolute atomic E-state index is 0.0162. The number of methoxy groups -OCH3 is 1. The number of nitrogens with zero attached hydrogens (tertiary/aromatic N) is 3. The summed E-state index contributed by atoms with van der Waals surface area (Å²) in [7, 11) is 1.56. The lowest BCUT2D eigenvalue weighted by Crippen LogP contribution is -2.32. The van der Waals surface area contributed by atoms with Crippen molar-refractivity contribution >= 4 is 22.9 Å². The lowest BCUT2D eigenvalue weighted by molar-refractivity contribution is -0.119. The molecule has 9 nitrogen and oxygen atoms in total. The summed E-state index contributed by atoms with van der Waals surface area (Å²) in [5.41, 5.74) is 0.880. The molecule has 130 valence electrons. The van der Waals surface area contributed by atoms with Crippen molar-refractivity contribution in [3.05, 3.63) is 46.9 Å². The summed E-state index contributed by atoms with van der Waals surface area (Å²) in [6, 6.07) is 9.38. The van der Waals surface area contributed by atoms with Gasteiger partial charge < -0.3 is 15.4 Å². The number of para-hydroxylation sites is 1. The number of hydrogen-bond donors (Lipinski definition) is 3. The van der Waals surface area contributed by atoms with Crippen molar-refractivity contribution in [3.8, 4) is 5.69 Å². The van der Waals surface area contributed by atoms with Crippen LogP contribution in [0.1, 0.15) is 0 Å². The molecule has 0 bridgehead atoms. The minimum atomic E-state index is -0.325. The Hall–Kier alpha value is -3.20. The van der Waals surface area contributed by atoms with Gasteiger partial charge in [0.2, 0.25) is 11.9 Å². The maximum absolute atomic E-state index is 12.2. The molecule has 0 saturated heterocycles. The Morgan fingerprint density at radius 3 is 2.88 bits per heavy atom. The highest BCUT2D eigenvalue weighted by Gasteiger charge is 2.11. The van der Waals surface area contributed by atoms with Gasteiger partial charge in [-0.05, 0) is 12.1 Å². The molecular formula is C16H18N6O3. The highest BCUT2D eigenvalue weighted by atomic mass is 16.5. The van der Waals surface area contributed by atoms with E-state index in [1.807, 2.05) is 30.3 Å². The fourth-order valence-electron chi connectivity index (χ4n) is 2.28. The molecule has 3 aromatic rings. The van der Waals surface area contributed by atoms with E-state index in [9.17, 15) is 9.59 Å². The molecule has 3 N–H and O–H groups in total. The van der Waals surface area contributed by atoms with Crippen LogP contribution >= 0.6 is 0 Å². The summed E-state index contributed by atoms with van der Waals surface area (Å²) in [5.74, 6) is -0.0200. The van der Waals surface area contributed by atoms with E-state index in [-0.39, 0.29) is 24.0 Å². The zero-order chi connectivity index (χ0) is 17.6. The second-order valence-corrected chi connectivity index (χ2v) is 5.24. The van der Waals surface area contributed by atoms with Crippen LogP contribution in [0.2, 0.25) is 0 Å². The third-order valence-electron chi connectivity index (χ3n) is 3.48. The molecule has 0 atom stereocenters. The SMILES string of the molecule is COCCNC(=O)CNc1nc2c(cnn2-c2ccccc2)c(=O)[nH]1. The van der Waals surface area contributed by atoms with Crippen LogP contribution in [0.5, 0.6) is 0 Å². The number of ether oxygens (including phenoxy) is 1. The van der Waals surface area contributed by atoms with Crippen LogP contribution < -0.4 is 16.2 Å². The molecule has 1 aromatic carbocycles. The van der Waals surface area contributed by atoms with Gasteiger partial charge in [0, 0.05) is 13.7 Å². The van der Waals surface area contributed by atoms with Gasteiger partial charge in [-0.25, -0.2) is 4.68 Å². The van der Waals surface area contributed by atoms with Crippen LogP contribution in [0.15, 0.2) is 41.3 Å². The Morgan fingerprint density at radius 1 is 1.32 bits per heavy atom. The number of H-pyrrole nitrogens is 1. The molecule has 9 heteroatoms. The number of anilines is 1. The van der Waals surface area contributed by atoms with Gasteiger partial charge in [-0.1, -0.05) is 18.2 Å². The van der Waals surface area contributed by atoms with Crippen LogP contribution in [0.25, 0.3) is 16.7 Å². The van der Waals surface area contributed by atoms with Crippen molar-refractivity contribution in [2.75, 3.05) is 32.1 Å². The van der Waals surface area contributed by atoms with Crippen molar-refractivity contribution in [1.29, 1.82) is 0 Å². The van der Waals surface area contributed by atoms with Crippen LogP contribution in [0.4, 0.5) is 5.95 Å². The number of fused-ring (bicyclic) bond motifs is 1. The predicted octanol–water partition coefficient (Wildman–Crippen LogP) is 0.283. The van der Waals surface area contributed by atoms with E-state index in [1.165, 1.54) is 6.20 Å². The smallest absolute Gasteiger partial charge is 0.263 e. The number of rotatable bonds is 7. The molecule has 2 aromatic heterocycles. The van der Waals surface area contributed by atoms with Gasteiger partial charge in [-0.3, -0.25) is 14.6 Å². The summed E-state index contributed by atoms with van der Waals surface area (Å²) in [6.07, 6.45) is 1.47.